The number of aromatic amines is 1. The third-order valence-corrected chi connectivity index (χ3v) is 4.97. The van der Waals surface area contributed by atoms with Gasteiger partial charge in [-0.3, -0.25) is 5.10 Å². The van der Waals surface area contributed by atoms with Gasteiger partial charge in [0, 0.05) is 5.56 Å². The van der Waals surface area contributed by atoms with E-state index in [2.05, 4.69) is 10.2 Å². The first-order valence-corrected chi connectivity index (χ1v) is 9.40. The Morgan fingerprint density at radius 2 is 1.90 bits per heavy atom. The van der Waals surface area contributed by atoms with Crippen molar-refractivity contribution in [1.29, 1.82) is 5.26 Å². The fraction of sp³-hybridized carbons (Fsp3) is 0.182. The van der Waals surface area contributed by atoms with Crippen molar-refractivity contribution in [3.63, 3.8) is 0 Å². The SMILES string of the molecule is CCOc1ccc(-c2[nH]nc3c2[C@@H](c2ccccc2C(F)(F)F)C(C#N)=C(N)O3)cc1. The summed E-state index contributed by atoms with van der Waals surface area (Å²) in [5, 5.41) is 16.6. The molecule has 0 spiro atoms. The van der Waals surface area contributed by atoms with Crippen LogP contribution in [0.3, 0.4) is 0 Å². The van der Waals surface area contributed by atoms with Crippen molar-refractivity contribution in [3.05, 3.63) is 76.7 Å². The van der Waals surface area contributed by atoms with Gasteiger partial charge in [0.15, 0.2) is 0 Å². The van der Waals surface area contributed by atoms with Gasteiger partial charge >= 0.3 is 6.18 Å². The van der Waals surface area contributed by atoms with E-state index in [0.717, 1.165) is 6.07 Å². The van der Waals surface area contributed by atoms with Crippen molar-refractivity contribution >= 4 is 0 Å². The highest BCUT2D eigenvalue weighted by molar-refractivity contribution is 5.71. The lowest BCUT2D eigenvalue weighted by Gasteiger charge is -2.26. The van der Waals surface area contributed by atoms with Gasteiger partial charge in [-0.2, -0.15) is 18.4 Å². The van der Waals surface area contributed by atoms with Crippen LogP contribution >= 0.6 is 0 Å². The quantitative estimate of drug-likeness (QED) is 0.630. The van der Waals surface area contributed by atoms with Crippen molar-refractivity contribution in [2.24, 2.45) is 5.73 Å². The number of H-pyrrole nitrogens is 1. The molecule has 0 saturated heterocycles. The van der Waals surface area contributed by atoms with E-state index in [1.807, 2.05) is 13.0 Å². The molecule has 0 unspecified atom stereocenters. The first-order chi connectivity index (χ1) is 14.8. The lowest BCUT2D eigenvalue weighted by molar-refractivity contribution is -0.138. The Morgan fingerprint density at radius 3 is 2.55 bits per heavy atom. The second kappa shape index (κ2) is 7.72. The predicted molar refractivity (Wildman–Crippen MR) is 106 cm³/mol. The third kappa shape index (κ3) is 3.57. The van der Waals surface area contributed by atoms with Gasteiger partial charge in [-0.1, -0.05) is 18.2 Å². The van der Waals surface area contributed by atoms with E-state index >= 15 is 0 Å². The number of ether oxygens (including phenoxy) is 2. The van der Waals surface area contributed by atoms with Gasteiger partial charge in [-0.15, -0.1) is 5.10 Å². The highest BCUT2D eigenvalue weighted by Gasteiger charge is 2.41. The van der Waals surface area contributed by atoms with E-state index in [4.69, 9.17) is 15.2 Å². The van der Waals surface area contributed by atoms with Crippen LogP contribution < -0.4 is 15.2 Å². The topological polar surface area (TPSA) is 97.0 Å². The normalized spacial score (nSPS) is 15.8. The van der Waals surface area contributed by atoms with Crippen LogP contribution in [-0.2, 0) is 6.18 Å². The van der Waals surface area contributed by atoms with Crippen LogP contribution in [0.15, 0.2) is 60.0 Å². The Hall–Kier alpha value is -3.93. The Balaban J connectivity index is 1.93. The molecule has 1 aliphatic rings. The Morgan fingerprint density at radius 1 is 1.19 bits per heavy atom. The van der Waals surface area contributed by atoms with Gasteiger partial charge in [0.2, 0.25) is 11.8 Å². The number of halogens is 3. The molecule has 3 aromatic rings. The average molecular weight is 426 g/mol. The second-order valence-electron chi connectivity index (χ2n) is 6.78. The molecule has 2 heterocycles. The summed E-state index contributed by atoms with van der Waals surface area (Å²) >= 11 is 0. The fourth-order valence-electron chi connectivity index (χ4n) is 3.67. The molecule has 31 heavy (non-hydrogen) atoms. The van der Waals surface area contributed by atoms with E-state index in [-0.39, 0.29) is 22.9 Å². The van der Waals surface area contributed by atoms with Crippen molar-refractivity contribution in [3.8, 4) is 29.0 Å². The molecule has 0 radical (unpaired) electrons. The highest BCUT2D eigenvalue weighted by Crippen LogP contribution is 2.48. The zero-order valence-corrected chi connectivity index (χ0v) is 16.3. The van der Waals surface area contributed by atoms with Gasteiger partial charge in [0.1, 0.15) is 17.4 Å². The van der Waals surface area contributed by atoms with Crippen LogP contribution in [-0.4, -0.2) is 16.8 Å². The number of nitriles is 1. The number of nitrogens with two attached hydrogens (primary N) is 1. The van der Waals surface area contributed by atoms with Crippen molar-refractivity contribution in [1.82, 2.24) is 10.2 Å². The molecule has 0 aliphatic carbocycles. The summed E-state index contributed by atoms with van der Waals surface area (Å²) < 4.78 is 52.2. The maximum Gasteiger partial charge on any atom is 0.416 e. The van der Waals surface area contributed by atoms with Crippen LogP contribution in [0, 0.1) is 11.3 Å². The van der Waals surface area contributed by atoms with Crippen LogP contribution in [0.2, 0.25) is 0 Å². The number of aromatic nitrogens is 2. The zero-order chi connectivity index (χ0) is 22.2. The number of allylic oxidation sites excluding steroid dienone is 1. The molecule has 6 nitrogen and oxygen atoms in total. The minimum absolute atomic E-state index is 0.0300. The number of rotatable bonds is 4. The van der Waals surface area contributed by atoms with Gasteiger partial charge in [0.25, 0.3) is 0 Å². The fourth-order valence-corrected chi connectivity index (χ4v) is 3.67. The summed E-state index contributed by atoms with van der Waals surface area (Å²) in [4.78, 5) is 0. The minimum atomic E-state index is -4.62. The molecule has 0 saturated carbocycles. The maximum atomic E-state index is 13.8. The van der Waals surface area contributed by atoms with E-state index in [9.17, 15) is 18.4 Å². The van der Waals surface area contributed by atoms with Crippen LogP contribution in [0.25, 0.3) is 11.3 Å². The summed E-state index contributed by atoms with van der Waals surface area (Å²) in [5.41, 5.74) is 6.19. The van der Waals surface area contributed by atoms with Crippen molar-refractivity contribution in [2.75, 3.05) is 6.61 Å². The molecule has 3 N–H and O–H groups in total. The summed E-state index contributed by atoms with van der Waals surface area (Å²) in [5.74, 6) is -0.701. The van der Waals surface area contributed by atoms with E-state index in [1.54, 1.807) is 24.3 Å². The molecule has 0 fully saturated rings. The number of hydrogen-bond donors (Lipinski definition) is 2. The first-order valence-electron chi connectivity index (χ1n) is 9.40. The smallest absolute Gasteiger partial charge is 0.416 e. The van der Waals surface area contributed by atoms with Crippen LogP contribution in [0.1, 0.15) is 29.5 Å². The first kappa shape index (κ1) is 20.3. The van der Waals surface area contributed by atoms with E-state index in [1.165, 1.54) is 18.2 Å². The molecule has 1 atom stereocenters. The summed E-state index contributed by atoms with van der Waals surface area (Å²) in [6.45, 7) is 2.36. The highest BCUT2D eigenvalue weighted by atomic mass is 19.4. The van der Waals surface area contributed by atoms with Gasteiger partial charge in [0.05, 0.1) is 29.3 Å². The van der Waals surface area contributed by atoms with Gasteiger partial charge < -0.3 is 15.2 Å². The lowest BCUT2D eigenvalue weighted by Crippen LogP contribution is -2.23. The second-order valence-corrected chi connectivity index (χ2v) is 6.78. The molecule has 4 rings (SSSR count). The number of hydrogen-bond acceptors (Lipinski definition) is 5. The largest absolute Gasteiger partial charge is 0.494 e. The monoisotopic (exact) mass is 426 g/mol. The summed E-state index contributed by atoms with van der Waals surface area (Å²) in [6, 6.07) is 14.0. The number of nitrogens with one attached hydrogen (secondary N) is 1. The third-order valence-electron chi connectivity index (χ3n) is 4.97. The lowest BCUT2D eigenvalue weighted by atomic mass is 9.81. The number of nitrogens with zero attached hydrogens (tertiary/aromatic N) is 2. The molecule has 158 valence electrons. The van der Waals surface area contributed by atoms with Crippen LogP contribution in [0.4, 0.5) is 13.2 Å². The molecule has 0 amide bonds. The zero-order valence-electron chi connectivity index (χ0n) is 16.3. The average Bonchev–Trinajstić information content (AvgIpc) is 3.16. The molecule has 1 aliphatic heterocycles. The van der Waals surface area contributed by atoms with Crippen molar-refractivity contribution < 1.29 is 22.6 Å². The number of alkyl halides is 3. The van der Waals surface area contributed by atoms with Crippen molar-refractivity contribution in [2.45, 2.75) is 19.0 Å². The molecule has 2 aromatic carbocycles. The predicted octanol–water partition coefficient (Wildman–Crippen LogP) is 4.71. The molecular weight excluding hydrogens is 409 g/mol. The summed E-state index contributed by atoms with van der Waals surface area (Å²) in [6.07, 6.45) is -4.62. The molecule has 0 bridgehead atoms. The molecular formula is C22H17F3N4O2. The van der Waals surface area contributed by atoms with Crippen LogP contribution in [0.5, 0.6) is 11.6 Å². The maximum absolute atomic E-state index is 13.8. The standard InChI is InChI=1S/C22H17F3N4O2/c1-2-30-13-9-7-12(8-10-13)19-18-17(14-5-3-4-6-16(14)22(23,24)25)15(11-26)20(27)31-21(18)29-28-19/h3-10,17H,2,27H2,1H3,(H,28,29)/t17-/m0/s1. The van der Waals surface area contributed by atoms with Gasteiger partial charge in [-0.05, 0) is 42.8 Å². The molecule has 1 aromatic heterocycles. The number of fused-ring (bicyclic) bond motifs is 1. The number of benzene rings is 2. The Labute approximate surface area is 175 Å². The molecule has 9 heteroatoms. The Bertz CT molecular complexity index is 1190. The summed E-state index contributed by atoms with van der Waals surface area (Å²) in [7, 11) is 0. The Kier molecular flexibility index (Phi) is 5.07. The van der Waals surface area contributed by atoms with Gasteiger partial charge in [-0.25, -0.2) is 0 Å². The van der Waals surface area contributed by atoms with E-state index in [0.29, 0.717) is 29.2 Å². The van der Waals surface area contributed by atoms with E-state index < -0.39 is 17.7 Å². The minimum Gasteiger partial charge on any atom is -0.494 e.